The second-order valence-electron chi connectivity index (χ2n) is 9.68. The van der Waals surface area contributed by atoms with Crippen LogP contribution in [0.15, 0.2) is 141 Å². The first-order chi connectivity index (χ1) is 20.6. The average molecular weight is 557 g/mol. The van der Waals surface area contributed by atoms with E-state index >= 15 is 0 Å². The van der Waals surface area contributed by atoms with Gasteiger partial charge < -0.3 is 18.4 Å². The lowest BCUT2D eigenvalue weighted by Gasteiger charge is -1.93. The monoisotopic (exact) mass is 556 g/mol. The summed E-state index contributed by atoms with van der Waals surface area (Å²) >= 11 is 0. The minimum atomic E-state index is -0.705. The van der Waals surface area contributed by atoms with E-state index in [1.807, 2.05) is 84.9 Å². The molecule has 3 heterocycles. The maximum atomic E-state index is 13.5. The van der Waals surface area contributed by atoms with Crippen molar-refractivity contribution in [2.75, 3.05) is 0 Å². The van der Waals surface area contributed by atoms with Crippen LogP contribution in [0.2, 0.25) is 0 Å². The van der Waals surface area contributed by atoms with Crippen LogP contribution in [0.3, 0.4) is 0 Å². The summed E-state index contributed by atoms with van der Waals surface area (Å²) in [4.78, 5) is 0. The number of phenols is 1. The minimum absolute atomic E-state index is 0.108. The molecule has 1 N–H and O–H groups in total. The first kappa shape index (κ1) is 25.4. The highest BCUT2D eigenvalue weighted by Crippen LogP contribution is 2.34. The molecule has 0 aliphatic rings. The Hall–Kier alpha value is -5.62. The van der Waals surface area contributed by atoms with E-state index in [4.69, 9.17) is 13.3 Å². The third kappa shape index (κ3) is 4.39. The number of hydrogen-bond donors (Lipinski definition) is 1. The lowest BCUT2D eigenvalue weighted by atomic mass is 10.1. The predicted molar refractivity (Wildman–Crippen MR) is 163 cm³/mol. The van der Waals surface area contributed by atoms with Crippen molar-refractivity contribution in [2.45, 2.75) is 0 Å². The van der Waals surface area contributed by atoms with Gasteiger partial charge in [-0.1, -0.05) is 84.9 Å². The summed E-state index contributed by atoms with van der Waals surface area (Å²) < 4.78 is 43.2. The molecule has 9 aromatic rings. The third-order valence-corrected chi connectivity index (χ3v) is 7.11. The van der Waals surface area contributed by atoms with Crippen molar-refractivity contribution >= 4 is 65.8 Å². The Bertz CT molecular complexity index is 2310. The maximum absolute atomic E-state index is 13.5. The van der Waals surface area contributed by atoms with Gasteiger partial charge in [0.05, 0.1) is 0 Å². The van der Waals surface area contributed by atoms with Crippen LogP contribution in [0.4, 0.5) is 8.78 Å². The number of para-hydroxylation sites is 5. The fourth-order valence-electron chi connectivity index (χ4n) is 5.13. The van der Waals surface area contributed by atoms with Gasteiger partial charge in [-0.3, -0.25) is 0 Å². The maximum Gasteiger partial charge on any atom is 0.207 e. The van der Waals surface area contributed by atoms with Crippen LogP contribution in [-0.4, -0.2) is 5.11 Å². The zero-order chi connectivity index (χ0) is 28.6. The molecule has 3 aromatic heterocycles. The van der Waals surface area contributed by atoms with E-state index in [0.29, 0.717) is 16.6 Å². The summed E-state index contributed by atoms with van der Waals surface area (Å²) in [6, 6.07) is 39.0. The molecule has 0 radical (unpaired) electrons. The molecule has 6 heteroatoms. The van der Waals surface area contributed by atoms with Crippen molar-refractivity contribution in [3.05, 3.63) is 139 Å². The van der Waals surface area contributed by atoms with Gasteiger partial charge >= 0.3 is 0 Å². The van der Waals surface area contributed by atoms with Gasteiger partial charge in [0.15, 0.2) is 22.7 Å². The highest BCUT2D eigenvalue weighted by Gasteiger charge is 2.13. The first-order valence-electron chi connectivity index (χ1n) is 13.3. The molecule has 6 aromatic carbocycles. The molecule has 204 valence electrons. The smallest absolute Gasteiger partial charge is 0.207 e. The molecule has 0 amide bonds. The Labute approximate surface area is 237 Å². The second-order valence-corrected chi connectivity index (χ2v) is 9.68. The molecule has 0 unspecified atom stereocenters. The molecule has 42 heavy (non-hydrogen) atoms. The fraction of sp³-hybridized carbons (Fsp3) is 0. The van der Waals surface area contributed by atoms with E-state index in [-0.39, 0.29) is 17.1 Å². The Morgan fingerprint density at radius 1 is 0.381 bits per heavy atom. The summed E-state index contributed by atoms with van der Waals surface area (Å²) in [6.07, 6.45) is 0. The number of halogens is 2. The van der Waals surface area contributed by atoms with Gasteiger partial charge in [0.1, 0.15) is 22.3 Å². The summed E-state index contributed by atoms with van der Waals surface area (Å²) in [5.41, 5.74) is 3.72. The summed E-state index contributed by atoms with van der Waals surface area (Å²) in [6.45, 7) is 0. The molecule has 0 bridgehead atoms. The van der Waals surface area contributed by atoms with E-state index < -0.39 is 5.82 Å². The number of fused-ring (bicyclic) bond motifs is 9. The van der Waals surface area contributed by atoms with Crippen LogP contribution < -0.4 is 0 Å². The molecule has 0 aliphatic carbocycles. The molecule has 0 atom stereocenters. The van der Waals surface area contributed by atoms with Gasteiger partial charge in [0, 0.05) is 32.3 Å². The molecule has 0 saturated carbocycles. The SMILES string of the molecule is Fc1cccc2c1oc1ccccc12.Oc1ccc2c(oc3ccccc32)c1F.c1ccc2c(c1)oc1ccccc12. The highest BCUT2D eigenvalue weighted by molar-refractivity contribution is 6.06. The lowest BCUT2D eigenvalue weighted by Crippen LogP contribution is -1.75. The average Bonchev–Trinajstić information content (AvgIpc) is 3.72. The van der Waals surface area contributed by atoms with Gasteiger partial charge in [-0.05, 0) is 42.5 Å². The zero-order valence-electron chi connectivity index (χ0n) is 22.1. The minimum Gasteiger partial charge on any atom is -0.505 e. The molecule has 0 aliphatic heterocycles. The van der Waals surface area contributed by atoms with E-state index in [9.17, 15) is 13.9 Å². The number of hydrogen-bond acceptors (Lipinski definition) is 4. The van der Waals surface area contributed by atoms with Crippen molar-refractivity contribution in [1.29, 1.82) is 0 Å². The van der Waals surface area contributed by atoms with Crippen molar-refractivity contribution in [3.63, 3.8) is 0 Å². The van der Waals surface area contributed by atoms with Gasteiger partial charge in [-0.15, -0.1) is 0 Å². The van der Waals surface area contributed by atoms with Crippen LogP contribution in [-0.2, 0) is 0 Å². The lowest BCUT2D eigenvalue weighted by molar-refractivity contribution is 0.430. The Morgan fingerprint density at radius 2 is 0.786 bits per heavy atom. The predicted octanol–water partition coefficient (Wildman–Crippen LogP) is 10.7. The molecule has 0 fully saturated rings. The highest BCUT2D eigenvalue weighted by atomic mass is 19.1. The number of benzene rings is 6. The number of rotatable bonds is 0. The molecule has 4 nitrogen and oxygen atoms in total. The normalized spacial score (nSPS) is 11.2. The largest absolute Gasteiger partial charge is 0.505 e. The topological polar surface area (TPSA) is 59.7 Å². The Balaban J connectivity index is 0.000000103. The van der Waals surface area contributed by atoms with Crippen LogP contribution in [0.5, 0.6) is 5.75 Å². The van der Waals surface area contributed by atoms with Crippen LogP contribution in [0.1, 0.15) is 0 Å². The summed E-state index contributed by atoms with van der Waals surface area (Å²) in [7, 11) is 0. The molecular weight excluding hydrogens is 534 g/mol. The van der Waals surface area contributed by atoms with E-state index in [1.165, 1.54) is 22.9 Å². The van der Waals surface area contributed by atoms with E-state index in [0.717, 1.165) is 32.9 Å². The van der Waals surface area contributed by atoms with Crippen LogP contribution in [0.25, 0.3) is 65.8 Å². The van der Waals surface area contributed by atoms with E-state index in [2.05, 4.69) is 12.1 Å². The number of furan rings is 3. The van der Waals surface area contributed by atoms with Crippen molar-refractivity contribution < 1.29 is 27.1 Å². The molecule has 0 saturated heterocycles. The van der Waals surface area contributed by atoms with Crippen molar-refractivity contribution in [3.8, 4) is 5.75 Å². The zero-order valence-corrected chi connectivity index (χ0v) is 22.1. The third-order valence-electron chi connectivity index (χ3n) is 7.11. The number of phenolic OH excluding ortho intramolecular Hbond substituents is 1. The van der Waals surface area contributed by atoms with Gasteiger partial charge in [0.2, 0.25) is 5.82 Å². The summed E-state index contributed by atoms with van der Waals surface area (Å²) in [5.74, 6) is -1.40. The molecule has 9 rings (SSSR count). The molecular formula is C36H22F2O4. The second kappa shape index (κ2) is 10.4. The van der Waals surface area contributed by atoms with Gasteiger partial charge in [-0.25, -0.2) is 4.39 Å². The van der Waals surface area contributed by atoms with Gasteiger partial charge in [0.25, 0.3) is 0 Å². The summed E-state index contributed by atoms with van der Waals surface area (Å²) in [5, 5.41) is 14.9. The number of aromatic hydroxyl groups is 1. The fourth-order valence-corrected chi connectivity index (χ4v) is 5.13. The van der Waals surface area contributed by atoms with E-state index in [1.54, 1.807) is 18.2 Å². The Kier molecular flexibility index (Phi) is 6.28. The van der Waals surface area contributed by atoms with Crippen LogP contribution >= 0.6 is 0 Å². The first-order valence-corrected chi connectivity index (χ1v) is 13.3. The van der Waals surface area contributed by atoms with Crippen molar-refractivity contribution in [2.24, 2.45) is 0 Å². The van der Waals surface area contributed by atoms with Gasteiger partial charge in [-0.2, -0.15) is 4.39 Å². The van der Waals surface area contributed by atoms with Crippen LogP contribution in [0, 0.1) is 11.6 Å². The Morgan fingerprint density at radius 3 is 1.33 bits per heavy atom. The standard InChI is InChI=1S/C12H7FO2.C12H7FO.C12H8O/c13-11-9(14)6-5-8-7-3-1-2-4-10(7)15-12(8)11;13-10-6-3-5-9-8-4-1-2-7-11(8)14-12(9)10;1-3-7-11-9(5-1)10-6-2-4-8-12(10)13-11/h1-6,14H;1-7H;1-8H. The quantitative estimate of drug-likeness (QED) is 0.202. The van der Waals surface area contributed by atoms with Crippen molar-refractivity contribution in [1.82, 2.24) is 0 Å². The molecule has 0 spiro atoms.